The molecule has 1 aliphatic heterocycles. The van der Waals surface area contributed by atoms with Gasteiger partial charge in [-0.1, -0.05) is 25.0 Å². The van der Waals surface area contributed by atoms with Gasteiger partial charge in [-0.3, -0.25) is 9.59 Å². The normalized spacial score (nSPS) is 27.1. The average molecular weight is 284 g/mol. The largest absolute Gasteiger partial charge is 0.325 e. The first kappa shape index (κ1) is 14.0. The molecule has 1 unspecified atom stereocenters. The lowest BCUT2D eigenvalue weighted by Crippen LogP contribution is -2.36. The highest BCUT2D eigenvalue weighted by Crippen LogP contribution is 2.32. The molecular weight excluding hydrogens is 264 g/mol. The fourth-order valence-corrected chi connectivity index (χ4v) is 3.04. The highest BCUT2D eigenvalue weighted by atomic mass is 16.2. The van der Waals surface area contributed by atoms with Crippen molar-refractivity contribution in [2.24, 2.45) is 16.8 Å². The minimum absolute atomic E-state index is 0.0279. The van der Waals surface area contributed by atoms with Gasteiger partial charge in [0.15, 0.2) is 0 Å². The van der Waals surface area contributed by atoms with Crippen LogP contribution in [0.3, 0.4) is 0 Å². The standard InChI is InChI=1S/C17H20N2O2/c1-3-13-10(2)14-8-7-12(9-15(14)19-17(13)21)18-16(20)11-5-4-6-11/h7-9,11,14H,3-6H2,1-2H3,(H,19,21). The van der Waals surface area contributed by atoms with Crippen LogP contribution in [0.25, 0.3) is 0 Å². The zero-order valence-corrected chi connectivity index (χ0v) is 12.5. The van der Waals surface area contributed by atoms with Gasteiger partial charge in [-0.2, -0.15) is 0 Å². The van der Waals surface area contributed by atoms with Crippen LogP contribution in [0.5, 0.6) is 0 Å². The van der Waals surface area contributed by atoms with Crippen molar-refractivity contribution >= 4 is 17.5 Å². The second kappa shape index (κ2) is 5.43. The molecular formula is C17H20N2O2. The Morgan fingerprint density at radius 2 is 2.19 bits per heavy atom. The number of aliphatic imine (C=N–C) groups is 1. The predicted octanol–water partition coefficient (Wildman–Crippen LogP) is 2.68. The lowest BCUT2D eigenvalue weighted by atomic mass is 9.84. The number of carbonyl (C=O) groups is 2. The first-order valence-electron chi connectivity index (χ1n) is 7.63. The molecule has 0 radical (unpaired) electrons. The van der Waals surface area contributed by atoms with Crippen LogP contribution in [0.15, 0.2) is 40.1 Å². The lowest BCUT2D eigenvalue weighted by molar-refractivity contribution is -0.123. The average Bonchev–Trinajstić information content (AvgIpc) is 2.36. The van der Waals surface area contributed by atoms with E-state index < -0.39 is 0 Å². The van der Waals surface area contributed by atoms with Crippen LogP contribution >= 0.6 is 0 Å². The van der Waals surface area contributed by atoms with Gasteiger partial charge in [-0.15, -0.1) is 0 Å². The smallest absolute Gasteiger partial charge is 0.251 e. The van der Waals surface area contributed by atoms with Crippen molar-refractivity contribution in [2.45, 2.75) is 39.5 Å². The van der Waals surface area contributed by atoms with E-state index in [9.17, 15) is 9.59 Å². The highest BCUT2D eigenvalue weighted by Gasteiger charge is 2.29. The molecule has 3 rings (SSSR count). The molecule has 3 aliphatic rings. The van der Waals surface area contributed by atoms with Gasteiger partial charge in [-0.05, 0) is 38.3 Å². The van der Waals surface area contributed by atoms with Gasteiger partial charge >= 0.3 is 0 Å². The summed E-state index contributed by atoms with van der Waals surface area (Å²) in [5, 5.41) is 2.93. The topological polar surface area (TPSA) is 58.5 Å². The second-order valence-corrected chi connectivity index (χ2v) is 5.91. The van der Waals surface area contributed by atoms with Gasteiger partial charge in [0.1, 0.15) is 0 Å². The summed E-state index contributed by atoms with van der Waals surface area (Å²) in [6, 6.07) is 0. The Morgan fingerprint density at radius 3 is 2.81 bits per heavy atom. The van der Waals surface area contributed by atoms with Crippen LogP contribution in [-0.4, -0.2) is 17.5 Å². The fraction of sp³-hybridized carbons (Fsp3) is 0.471. The molecule has 4 nitrogen and oxygen atoms in total. The Labute approximate surface area is 124 Å². The Kier molecular flexibility index (Phi) is 3.62. The first-order chi connectivity index (χ1) is 10.1. The summed E-state index contributed by atoms with van der Waals surface area (Å²) in [6.45, 7) is 3.99. The molecule has 2 aliphatic carbocycles. The van der Waals surface area contributed by atoms with Crippen molar-refractivity contribution in [3.8, 4) is 0 Å². The molecule has 0 aromatic rings. The summed E-state index contributed by atoms with van der Waals surface area (Å²) in [7, 11) is 0. The molecule has 4 heteroatoms. The Balaban J connectivity index is 1.85. The molecule has 0 aromatic heterocycles. The van der Waals surface area contributed by atoms with Crippen molar-refractivity contribution in [2.75, 3.05) is 0 Å². The lowest BCUT2D eigenvalue weighted by Gasteiger charge is -2.29. The van der Waals surface area contributed by atoms with E-state index in [-0.39, 0.29) is 23.7 Å². The number of nitrogens with one attached hydrogen (secondary N) is 1. The molecule has 1 atom stereocenters. The van der Waals surface area contributed by atoms with Crippen LogP contribution in [0.1, 0.15) is 39.5 Å². The van der Waals surface area contributed by atoms with Crippen molar-refractivity contribution in [3.63, 3.8) is 0 Å². The molecule has 1 saturated carbocycles. The van der Waals surface area contributed by atoms with Crippen molar-refractivity contribution in [3.05, 3.63) is 35.1 Å². The Hall–Kier alpha value is -1.97. The van der Waals surface area contributed by atoms with Gasteiger partial charge in [0.2, 0.25) is 5.91 Å². The first-order valence-corrected chi connectivity index (χ1v) is 7.63. The van der Waals surface area contributed by atoms with E-state index in [0.29, 0.717) is 5.71 Å². The predicted molar refractivity (Wildman–Crippen MR) is 81.6 cm³/mol. The number of allylic oxidation sites excluding steroid dienone is 3. The van der Waals surface area contributed by atoms with Gasteiger partial charge in [0.25, 0.3) is 5.91 Å². The van der Waals surface area contributed by atoms with Gasteiger partial charge in [-0.25, -0.2) is 4.99 Å². The molecule has 1 heterocycles. The Bertz CT molecular complexity index is 619. The summed E-state index contributed by atoms with van der Waals surface area (Å²) >= 11 is 0. The molecule has 0 bridgehead atoms. The summed E-state index contributed by atoms with van der Waals surface area (Å²) in [6.07, 6.45) is 9.51. The zero-order valence-electron chi connectivity index (χ0n) is 12.5. The fourth-order valence-electron chi connectivity index (χ4n) is 3.04. The molecule has 1 N–H and O–H groups in total. The molecule has 0 saturated heterocycles. The van der Waals surface area contributed by atoms with E-state index >= 15 is 0 Å². The van der Waals surface area contributed by atoms with Crippen molar-refractivity contribution < 1.29 is 9.59 Å². The molecule has 0 spiro atoms. The SMILES string of the molecule is CCC1=C(C)C2C=CC(=NC(=O)C3CCC3)C=C2NC1=O. The third kappa shape index (κ3) is 2.50. The minimum atomic E-state index is -0.0301. The van der Waals surface area contributed by atoms with E-state index in [2.05, 4.69) is 10.3 Å². The van der Waals surface area contributed by atoms with Crippen LogP contribution in [0.2, 0.25) is 0 Å². The summed E-state index contributed by atoms with van der Waals surface area (Å²) in [5.74, 6) is 0.156. The van der Waals surface area contributed by atoms with Crippen molar-refractivity contribution in [1.82, 2.24) is 5.32 Å². The summed E-state index contributed by atoms with van der Waals surface area (Å²) in [5.41, 5.74) is 3.42. The van der Waals surface area contributed by atoms with Crippen LogP contribution in [-0.2, 0) is 9.59 Å². The third-order valence-corrected chi connectivity index (χ3v) is 4.62. The number of fused-ring (bicyclic) bond motifs is 1. The molecule has 21 heavy (non-hydrogen) atoms. The number of hydrogen-bond donors (Lipinski definition) is 1. The molecule has 110 valence electrons. The van der Waals surface area contributed by atoms with E-state index in [1.807, 2.05) is 32.1 Å². The summed E-state index contributed by atoms with van der Waals surface area (Å²) < 4.78 is 0. The minimum Gasteiger partial charge on any atom is -0.325 e. The molecule has 1 fully saturated rings. The van der Waals surface area contributed by atoms with Crippen LogP contribution in [0, 0.1) is 11.8 Å². The Morgan fingerprint density at radius 1 is 1.43 bits per heavy atom. The van der Waals surface area contributed by atoms with Crippen LogP contribution < -0.4 is 5.32 Å². The van der Waals surface area contributed by atoms with Crippen molar-refractivity contribution in [1.29, 1.82) is 0 Å². The van der Waals surface area contributed by atoms with E-state index in [4.69, 9.17) is 0 Å². The monoisotopic (exact) mass is 284 g/mol. The zero-order chi connectivity index (χ0) is 15.0. The maximum Gasteiger partial charge on any atom is 0.251 e. The molecule has 2 amide bonds. The van der Waals surface area contributed by atoms with Gasteiger partial charge in [0.05, 0.1) is 5.71 Å². The number of rotatable bonds is 2. The maximum absolute atomic E-state index is 12.0. The van der Waals surface area contributed by atoms with E-state index in [1.54, 1.807) is 0 Å². The number of carbonyl (C=O) groups excluding carboxylic acids is 2. The molecule has 0 aromatic carbocycles. The third-order valence-electron chi connectivity index (χ3n) is 4.62. The number of amides is 2. The van der Waals surface area contributed by atoms with Crippen LogP contribution in [0.4, 0.5) is 0 Å². The van der Waals surface area contributed by atoms with Gasteiger partial charge < -0.3 is 5.32 Å². The number of nitrogens with zero attached hydrogens (tertiary/aromatic N) is 1. The van der Waals surface area contributed by atoms with Gasteiger partial charge in [0, 0.05) is 23.1 Å². The van der Waals surface area contributed by atoms with E-state index in [1.165, 1.54) is 0 Å². The summed E-state index contributed by atoms with van der Waals surface area (Å²) in [4.78, 5) is 28.2. The maximum atomic E-state index is 12.0. The quantitative estimate of drug-likeness (QED) is 0.847. The second-order valence-electron chi connectivity index (χ2n) is 5.91. The highest BCUT2D eigenvalue weighted by molar-refractivity contribution is 6.11. The number of hydrogen-bond acceptors (Lipinski definition) is 2. The van der Waals surface area contributed by atoms with E-state index in [0.717, 1.165) is 42.5 Å².